The van der Waals surface area contributed by atoms with E-state index in [0.29, 0.717) is 6.42 Å². The van der Waals surface area contributed by atoms with Crippen molar-refractivity contribution in [3.63, 3.8) is 0 Å². The average molecular weight is 354 g/mol. The van der Waals surface area contributed by atoms with E-state index in [4.69, 9.17) is 6.57 Å². The molecule has 27 heavy (non-hydrogen) atoms. The van der Waals surface area contributed by atoms with Gasteiger partial charge in [0.1, 0.15) is 11.6 Å². The Hall–Kier alpha value is -3.45. The van der Waals surface area contributed by atoms with Gasteiger partial charge < -0.3 is 5.32 Å². The number of hydrogen-bond donors (Lipinski definition) is 1. The van der Waals surface area contributed by atoms with Crippen molar-refractivity contribution in [2.45, 2.75) is 27.2 Å². The molecule has 0 saturated heterocycles. The Morgan fingerprint density at radius 2 is 1.74 bits per heavy atom. The molecule has 0 unspecified atom stereocenters. The second-order valence-electron chi connectivity index (χ2n) is 6.62. The number of benzene rings is 2. The fraction of sp³-hybridized carbons (Fsp3) is 0.174. The van der Waals surface area contributed by atoms with Gasteiger partial charge in [0.25, 0.3) is 0 Å². The van der Waals surface area contributed by atoms with Crippen LogP contribution < -0.4 is 5.32 Å². The first kappa shape index (κ1) is 18.3. The van der Waals surface area contributed by atoms with Crippen LogP contribution in [0, 0.1) is 27.3 Å². The fourth-order valence-electron chi connectivity index (χ4n) is 2.98. The van der Waals surface area contributed by atoms with Crippen molar-refractivity contribution < 1.29 is 0 Å². The van der Waals surface area contributed by atoms with Gasteiger partial charge in [0.15, 0.2) is 6.20 Å². The average Bonchev–Trinajstić information content (AvgIpc) is 2.65. The normalized spacial score (nSPS) is 10.7. The molecular formula is C23H22N4. The highest BCUT2D eigenvalue weighted by Crippen LogP contribution is 2.26. The van der Waals surface area contributed by atoms with Gasteiger partial charge in [-0.2, -0.15) is 0 Å². The van der Waals surface area contributed by atoms with Crippen molar-refractivity contribution in [3.8, 4) is 0 Å². The van der Waals surface area contributed by atoms with Gasteiger partial charge in [-0.05, 0) is 49.1 Å². The molecule has 2 aromatic carbocycles. The summed E-state index contributed by atoms with van der Waals surface area (Å²) in [6.07, 6.45) is 5.79. The van der Waals surface area contributed by atoms with Crippen LogP contribution in [-0.4, -0.2) is 9.97 Å². The number of anilines is 2. The van der Waals surface area contributed by atoms with Crippen LogP contribution in [0.15, 0.2) is 54.9 Å². The molecular weight excluding hydrogens is 332 g/mol. The van der Waals surface area contributed by atoms with Gasteiger partial charge in [0.05, 0.1) is 6.57 Å². The highest BCUT2D eigenvalue weighted by atomic mass is 15.0. The summed E-state index contributed by atoms with van der Waals surface area (Å²) in [5, 5.41) is 3.42. The van der Waals surface area contributed by atoms with Gasteiger partial charge in [0.2, 0.25) is 0 Å². The molecule has 0 aliphatic heterocycles. The van der Waals surface area contributed by atoms with Crippen LogP contribution in [0.25, 0.3) is 10.9 Å². The van der Waals surface area contributed by atoms with E-state index < -0.39 is 0 Å². The van der Waals surface area contributed by atoms with Gasteiger partial charge in [-0.15, -0.1) is 0 Å². The van der Waals surface area contributed by atoms with Crippen LogP contribution in [0.1, 0.15) is 33.6 Å². The Kier molecular flexibility index (Phi) is 5.63. The van der Waals surface area contributed by atoms with Gasteiger partial charge in [0, 0.05) is 18.3 Å². The van der Waals surface area contributed by atoms with E-state index in [1.165, 1.54) is 17.3 Å². The maximum absolute atomic E-state index is 6.87. The number of nitrogens with zero attached hydrogens (tertiary/aromatic N) is 3. The van der Waals surface area contributed by atoms with E-state index in [1.807, 2.05) is 12.1 Å². The summed E-state index contributed by atoms with van der Waals surface area (Å²) in [6.45, 7) is 13.1. The third-order valence-corrected chi connectivity index (χ3v) is 4.34. The third-order valence-electron chi connectivity index (χ3n) is 4.34. The van der Waals surface area contributed by atoms with Crippen LogP contribution in [0.3, 0.4) is 0 Å². The highest BCUT2D eigenvalue weighted by Gasteiger charge is 2.07. The Morgan fingerprint density at radius 1 is 1.04 bits per heavy atom. The molecule has 0 bridgehead atoms. The first-order chi connectivity index (χ1) is 13.0. The number of rotatable bonds is 5. The molecule has 4 nitrogen and oxygen atoms in total. The fourth-order valence-corrected chi connectivity index (χ4v) is 2.98. The highest BCUT2D eigenvalue weighted by molar-refractivity contribution is 5.68. The first-order valence-corrected chi connectivity index (χ1v) is 8.84. The molecule has 4 heteroatoms. The largest absolute Gasteiger partial charge is 0.340 e. The zero-order valence-corrected chi connectivity index (χ0v) is 15.8. The Bertz CT molecular complexity index is 988. The lowest BCUT2D eigenvalue weighted by atomic mass is 10.0. The molecule has 0 amide bonds. The number of aromatic nitrogens is 2. The van der Waals surface area contributed by atoms with Crippen LogP contribution in [0.5, 0.6) is 0 Å². The summed E-state index contributed by atoms with van der Waals surface area (Å²) in [5.41, 5.74) is 6.72. The Balaban J connectivity index is 1.81. The molecule has 0 aliphatic carbocycles. The lowest BCUT2D eigenvalue weighted by Crippen LogP contribution is -2.03. The van der Waals surface area contributed by atoms with Crippen LogP contribution >= 0.6 is 0 Å². The van der Waals surface area contributed by atoms with Crippen molar-refractivity contribution in [2.75, 3.05) is 5.32 Å². The van der Waals surface area contributed by atoms with Crippen molar-refractivity contribution in [2.24, 2.45) is 0 Å². The van der Waals surface area contributed by atoms with Crippen LogP contribution in [-0.2, 0) is 6.42 Å². The monoisotopic (exact) mass is 354 g/mol. The maximum atomic E-state index is 6.87. The number of hydrogen-bond acceptors (Lipinski definition) is 3. The summed E-state index contributed by atoms with van der Waals surface area (Å²) in [4.78, 5) is 12.3. The molecule has 3 aromatic rings. The molecule has 1 aromatic heterocycles. The molecule has 0 saturated carbocycles. The summed E-state index contributed by atoms with van der Waals surface area (Å²) in [6, 6.07) is 14.4. The molecule has 0 aliphatic rings. The second kappa shape index (κ2) is 8.29. The van der Waals surface area contributed by atoms with Gasteiger partial charge >= 0.3 is 0 Å². The van der Waals surface area contributed by atoms with Crippen molar-refractivity contribution in [3.05, 3.63) is 99.9 Å². The summed E-state index contributed by atoms with van der Waals surface area (Å²) < 4.78 is 0. The van der Waals surface area contributed by atoms with E-state index in [1.54, 1.807) is 6.20 Å². The van der Waals surface area contributed by atoms with Crippen molar-refractivity contribution in [1.29, 1.82) is 0 Å². The minimum atomic E-state index is 0.703. The number of nitrogens with one attached hydrogen (secondary N) is 1. The van der Waals surface area contributed by atoms with E-state index in [2.05, 4.69) is 77.3 Å². The molecule has 0 atom stereocenters. The predicted molar refractivity (Wildman–Crippen MR) is 111 cm³/mol. The second-order valence-corrected chi connectivity index (χ2v) is 6.62. The topological polar surface area (TPSA) is 42.2 Å². The summed E-state index contributed by atoms with van der Waals surface area (Å²) >= 11 is 0. The lowest BCUT2D eigenvalue weighted by molar-refractivity contribution is 0.970. The van der Waals surface area contributed by atoms with E-state index in [0.717, 1.165) is 34.0 Å². The van der Waals surface area contributed by atoms with Gasteiger partial charge in [-0.3, -0.25) is 0 Å². The number of aryl methyl sites for hydroxylation is 3. The molecule has 1 heterocycles. The molecule has 0 fully saturated rings. The predicted octanol–water partition coefficient (Wildman–Crippen LogP) is 5.63. The smallest absolute Gasteiger partial charge is 0.154 e. The minimum absolute atomic E-state index is 0.703. The van der Waals surface area contributed by atoms with Crippen molar-refractivity contribution >= 4 is 17.6 Å². The van der Waals surface area contributed by atoms with Crippen molar-refractivity contribution in [1.82, 2.24) is 9.97 Å². The van der Waals surface area contributed by atoms with Gasteiger partial charge in [-0.25, -0.2) is 14.8 Å². The molecule has 1 N–H and O–H groups in total. The maximum Gasteiger partial charge on any atom is 0.154 e. The quantitative estimate of drug-likeness (QED) is 0.604. The first-order valence-electron chi connectivity index (χ1n) is 8.84. The molecule has 0 radical (unpaired) electrons. The van der Waals surface area contributed by atoms with E-state index in [-0.39, 0.29) is 0 Å². The molecule has 0 spiro atoms. The zero-order valence-electron chi connectivity index (χ0n) is 15.8. The summed E-state index contributed by atoms with van der Waals surface area (Å²) in [5.74, 6) is 1.57. The zero-order chi connectivity index (χ0) is 19.2. The van der Waals surface area contributed by atoms with Crippen LogP contribution in [0.4, 0.5) is 11.5 Å². The lowest BCUT2D eigenvalue weighted by Gasteiger charge is -2.14. The summed E-state index contributed by atoms with van der Waals surface area (Å²) in [7, 11) is 0. The van der Waals surface area contributed by atoms with Crippen LogP contribution in [0.2, 0.25) is 0 Å². The van der Waals surface area contributed by atoms with Gasteiger partial charge in [-0.1, -0.05) is 48.0 Å². The molecule has 3 rings (SSSR count). The minimum Gasteiger partial charge on any atom is -0.340 e. The Labute approximate surface area is 160 Å². The standard InChI is InChI=1S/C23H22N4/c1-16-5-7-19(8-6-16)15-22-25-12-10-21(26-22)27-23-17(2)13-20(9-11-24-4)14-18(23)3/h5-14H,15H2,1-3H3,(H,25,26,27)/b11-9-. The SMILES string of the molecule is [C-]#[N+]/C=C\c1cc(C)c(Nc2ccnc(Cc3ccc(C)cc3)n2)c(C)c1. The molecule has 134 valence electrons. The van der Waals surface area contributed by atoms with E-state index in [9.17, 15) is 0 Å². The Morgan fingerprint density at radius 3 is 2.41 bits per heavy atom. The third kappa shape index (κ3) is 4.80. The van der Waals surface area contributed by atoms with E-state index >= 15 is 0 Å².